The molecule has 0 bridgehead atoms. The van der Waals surface area contributed by atoms with Crippen molar-refractivity contribution in [1.82, 2.24) is 0 Å². The van der Waals surface area contributed by atoms with Crippen molar-refractivity contribution in [1.29, 1.82) is 0 Å². The van der Waals surface area contributed by atoms with Crippen LogP contribution in [-0.2, 0) is 0 Å². The Bertz CT molecular complexity index is 882. The number of halogens is 17. The van der Waals surface area contributed by atoms with E-state index < -0.39 is 53.6 Å². The highest BCUT2D eigenvalue weighted by Crippen LogP contribution is 2.63. The van der Waals surface area contributed by atoms with E-state index in [1.54, 1.807) is 0 Å². The molecule has 34 heavy (non-hydrogen) atoms. The Morgan fingerprint density at radius 2 is 0.824 bits per heavy atom. The van der Waals surface area contributed by atoms with Crippen molar-refractivity contribution in [2.45, 2.75) is 47.8 Å². The van der Waals surface area contributed by atoms with Crippen LogP contribution in [0.1, 0.15) is 5.56 Å². The topological polar surface area (TPSA) is 9.23 Å². The average molecular weight is 538 g/mol. The summed E-state index contributed by atoms with van der Waals surface area (Å²) in [4.78, 5) is 0. The van der Waals surface area contributed by atoms with Gasteiger partial charge in [0, 0.05) is 0 Å². The van der Waals surface area contributed by atoms with E-state index in [1.165, 1.54) is 0 Å². The molecule has 0 heterocycles. The molecule has 0 radical (unpaired) electrons. The van der Waals surface area contributed by atoms with E-state index in [1.807, 2.05) is 0 Å². The Kier molecular flexibility index (Phi) is 7.02. The second kappa shape index (κ2) is 8.07. The molecule has 0 atom stereocenters. The molecule has 0 aliphatic heterocycles. The first-order chi connectivity index (χ1) is 14.8. The van der Waals surface area contributed by atoms with Gasteiger partial charge in [0.15, 0.2) is 0 Å². The van der Waals surface area contributed by atoms with Gasteiger partial charge in [0.2, 0.25) is 0 Å². The molecule has 0 aliphatic carbocycles. The molecule has 0 aromatic heterocycles. The SMILES string of the molecule is C=Cc1ccc(OC(F)(F)C(F)(F)C(F)(F)C(F)(F)C(F)(F)C(F)(F)C(F)(F)C(F)(F)F)cc1. The summed E-state index contributed by atoms with van der Waals surface area (Å²) < 4.78 is 226. The molecule has 0 unspecified atom stereocenters. The van der Waals surface area contributed by atoms with Crippen LogP contribution in [0.5, 0.6) is 5.75 Å². The first-order valence-corrected chi connectivity index (χ1v) is 7.89. The summed E-state index contributed by atoms with van der Waals surface area (Å²) in [5.74, 6) is -51.8. The van der Waals surface area contributed by atoms with E-state index in [2.05, 4.69) is 11.3 Å². The zero-order chi connectivity index (χ0) is 27.4. The molecular formula is C16H7F17O. The van der Waals surface area contributed by atoms with Crippen molar-refractivity contribution < 1.29 is 79.4 Å². The summed E-state index contributed by atoms with van der Waals surface area (Å²) in [5, 5.41) is 0. The largest absolute Gasteiger partial charge is 0.471 e. The van der Waals surface area contributed by atoms with Crippen molar-refractivity contribution in [2.24, 2.45) is 0 Å². The molecule has 196 valence electrons. The van der Waals surface area contributed by atoms with Crippen LogP contribution in [0.3, 0.4) is 0 Å². The average Bonchev–Trinajstić information content (AvgIpc) is 2.66. The van der Waals surface area contributed by atoms with Gasteiger partial charge in [-0.1, -0.05) is 24.8 Å². The lowest BCUT2D eigenvalue weighted by Crippen LogP contribution is -2.74. The lowest BCUT2D eigenvalue weighted by atomic mass is 9.90. The molecule has 1 nitrogen and oxygen atoms in total. The Labute approximate surface area is 176 Å². The van der Waals surface area contributed by atoms with Crippen molar-refractivity contribution in [3.8, 4) is 5.75 Å². The third kappa shape index (κ3) is 4.01. The van der Waals surface area contributed by atoms with Crippen molar-refractivity contribution >= 4 is 6.08 Å². The van der Waals surface area contributed by atoms with E-state index >= 15 is 0 Å². The normalized spacial score (nSPS) is 15.3. The smallest absolute Gasteiger partial charge is 0.428 e. The van der Waals surface area contributed by atoms with Crippen LogP contribution < -0.4 is 4.74 Å². The summed E-state index contributed by atoms with van der Waals surface area (Å²) in [6, 6.07) is 2.14. The highest BCUT2D eigenvalue weighted by Gasteiger charge is 2.95. The zero-order valence-electron chi connectivity index (χ0n) is 15.4. The third-order valence-corrected chi connectivity index (χ3v) is 4.06. The maximum atomic E-state index is 13.6. The van der Waals surface area contributed by atoms with Crippen LogP contribution >= 0.6 is 0 Å². The fraction of sp³-hybridized carbons (Fsp3) is 0.500. The van der Waals surface area contributed by atoms with E-state index in [0.717, 1.165) is 18.2 Å². The first kappa shape index (κ1) is 29.6. The highest BCUT2D eigenvalue weighted by molar-refractivity contribution is 5.48. The fourth-order valence-electron chi connectivity index (χ4n) is 2.03. The van der Waals surface area contributed by atoms with Crippen molar-refractivity contribution in [3.63, 3.8) is 0 Å². The fourth-order valence-corrected chi connectivity index (χ4v) is 2.03. The summed E-state index contributed by atoms with van der Waals surface area (Å²) >= 11 is 0. The maximum Gasteiger partial charge on any atom is 0.471 e. The molecule has 0 spiro atoms. The number of benzene rings is 1. The van der Waals surface area contributed by atoms with E-state index in [-0.39, 0.29) is 5.56 Å². The van der Waals surface area contributed by atoms with Crippen LogP contribution in [0.2, 0.25) is 0 Å². The van der Waals surface area contributed by atoms with Gasteiger partial charge < -0.3 is 4.74 Å². The van der Waals surface area contributed by atoms with Gasteiger partial charge in [0.05, 0.1) is 0 Å². The number of hydrogen-bond donors (Lipinski definition) is 0. The second-order valence-corrected chi connectivity index (χ2v) is 6.34. The molecule has 1 aromatic rings. The molecular weight excluding hydrogens is 531 g/mol. The van der Waals surface area contributed by atoms with Gasteiger partial charge in [0.25, 0.3) is 0 Å². The molecule has 0 fully saturated rings. The minimum atomic E-state index is -8.67. The molecule has 0 N–H and O–H groups in total. The standard InChI is InChI=1S/C16H7F17O/c1-2-7-3-5-8(6-4-7)34-16(32,33)14(27,28)12(23,24)10(19,20)9(17,18)11(21,22)13(25,26)15(29,30)31/h2-6H,1H2. The summed E-state index contributed by atoms with van der Waals surface area (Å²) in [6.07, 6.45) is -13.7. The minimum Gasteiger partial charge on any atom is -0.428 e. The Morgan fingerprint density at radius 3 is 1.15 bits per heavy atom. The summed E-state index contributed by atoms with van der Waals surface area (Å²) in [5.41, 5.74) is 0.0618. The van der Waals surface area contributed by atoms with Crippen LogP contribution in [0, 0.1) is 0 Å². The van der Waals surface area contributed by atoms with Gasteiger partial charge in [-0.25, -0.2) is 0 Å². The Hall–Kier alpha value is -2.43. The second-order valence-electron chi connectivity index (χ2n) is 6.34. The van der Waals surface area contributed by atoms with Crippen molar-refractivity contribution in [2.75, 3.05) is 0 Å². The Morgan fingerprint density at radius 1 is 0.500 bits per heavy atom. The number of ether oxygens (including phenoxy) is 1. The van der Waals surface area contributed by atoms with Gasteiger partial charge in [0.1, 0.15) is 5.75 Å². The third-order valence-electron chi connectivity index (χ3n) is 4.06. The molecule has 18 heteroatoms. The maximum absolute atomic E-state index is 13.6. The van der Waals surface area contributed by atoms with Gasteiger partial charge in [-0.2, -0.15) is 74.6 Å². The molecule has 0 aliphatic rings. The predicted octanol–water partition coefficient (Wildman–Crippen LogP) is 7.68. The van der Waals surface area contributed by atoms with Gasteiger partial charge in [-0.05, 0) is 17.7 Å². The van der Waals surface area contributed by atoms with Crippen LogP contribution in [-0.4, -0.2) is 47.8 Å². The van der Waals surface area contributed by atoms with E-state index in [0.29, 0.717) is 12.1 Å². The molecule has 0 saturated heterocycles. The molecule has 0 saturated carbocycles. The van der Waals surface area contributed by atoms with Crippen LogP contribution in [0.15, 0.2) is 30.8 Å². The Balaban J connectivity index is 3.56. The lowest BCUT2D eigenvalue weighted by molar-refractivity contribution is -0.471. The summed E-state index contributed by atoms with van der Waals surface area (Å²) in [7, 11) is 0. The first-order valence-electron chi connectivity index (χ1n) is 7.89. The molecule has 0 amide bonds. The molecule has 1 aromatic carbocycles. The molecule has 1 rings (SSSR count). The minimum absolute atomic E-state index is 0.0618. The van der Waals surface area contributed by atoms with Gasteiger partial charge in [-0.15, -0.1) is 0 Å². The number of rotatable bonds is 9. The van der Waals surface area contributed by atoms with Crippen LogP contribution in [0.25, 0.3) is 6.08 Å². The number of hydrogen-bond acceptors (Lipinski definition) is 1. The predicted molar refractivity (Wildman–Crippen MR) is 77.8 cm³/mol. The van der Waals surface area contributed by atoms with Crippen molar-refractivity contribution in [3.05, 3.63) is 36.4 Å². The number of alkyl halides is 17. The monoisotopic (exact) mass is 538 g/mol. The quantitative estimate of drug-likeness (QED) is 0.293. The van der Waals surface area contributed by atoms with Gasteiger partial charge >= 0.3 is 47.8 Å². The zero-order valence-corrected chi connectivity index (χ0v) is 15.4. The highest BCUT2D eigenvalue weighted by atomic mass is 19.4. The van der Waals surface area contributed by atoms with Crippen LogP contribution in [0.4, 0.5) is 74.6 Å². The summed E-state index contributed by atoms with van der Waals surface area (Å²) in [6.45, 7) is 3.16. The van der Waals surface area contributed by atoms with E-state index in [9.17, 15) is 74.6 Å². The van der Waals surface area contributed by atoms with Gasteiger partial charge in [-0.3, -0.25) is 0 Å². The lowest BCUT2D eigenvalue weighted by Gasteiger charge is -2.42. The van der Waals surface area contributed by atoms with E-state index in [4.69, 9.17) is 0 Å².